The predicted octanol–water partition coefficient (Wildman–Crippen LogP) is 1.70. The molecule has 3 rings (SSSR count). The lowest BCUT2D eigenvalue weighted by Crippen LogP contribution is -2.35. The van der Waals surface area contributed by atoms with Gasteiger partial charge in [-0.3, -0.25) is 4.79 Å². The molecule has 5 nitrogen and oxygen atoms in total. The third-order valence-electron chi connectivity index (χ3n) is 3.92. The van der Waals surface area contributed by atoms with Crippen LogP contribution in [0.1, 0.15) is 22.3 Å². The highest BCUT2D eigenvalue weighted by Gasteiger charge is 2.29. The number of hydrogen-bond acceptors (Lipinski definition) is 3. The number of nitrogens with one attached hydrogen (secondary N) is 1. The fourth-order valence-electron chi connectivity index (χ4n) is 2.70. The van der Waals surface area contributed by atoms with Crippen molar-refractivity contribution in [2.24, 2.45) is 0 Å². The monoisotopic (exact) mass is 318 g/mol. The van der Waals surface area contributed by atoms with Crippen molar-refractivity contribution in [1.29, 1.82) is 0 Å². The van der Waals surface area contributed by atoms with Crippen LogP contribution in [0.2, 0.25) is 0 Å². The van der Waals surface area contributed by atoms with Crippen molar-refractivity contribution in [3.63, 3.8) is 0 Å². The number of aromatic nitrogens is 1. The highest BCUT2D eigenvalue weighted by Crippen LogP contribution is 2.17. The van der Waals surface area contributed by atoms with Gasteiger partial charge in [-0.15, -0.1) is 0 Å². The van der Waals surface area contributed by atoms with E-state index in [1.54, 1.807) is 6.07 Å². The van der Waals surface area contributed by atoms with Crippen LogP contribution in [-0.4, -0.2) is 36.4 Å². The van der Waals surface area contributed by atoms with Crippen molar-refractivity contribution in [3.05, 3.63) is 53.9 Å². The first-order valence-electron chi connectivity index (χ1n) is 7.20. The van der Waals surface area contributed by atoms with Gasteiger partial charge in [-0.25, -0.2) is 8.42 Å². The SMILES string of the molecule is Cc1ccc(C(=O)N[C@H]2CCS(=O)(=O)C2)cc1-n1cccc1. The molecule has 1 aliphatic rings. The highest BCUT2D eigenvalue weighted by molar-refractivity contribution is 7.91. The van der Waals surface area contributed by atoms with Gasteiger partial charge in [-0.2, -0.15) is 0 Å². The first kappa shape index (κ1) is 14.8. The number of sulfone groups is 1. The first-order chi connectivity index (χ1) is 10.4. The molecule has 1 aromatic carbocycles. The van der Waals surface area contributed by atoms with E-state index in [0.717, 1.165) is 11.3 Å². The molecule has 1 aliphatic heterocycles. The summed E-state index contributed by atoms with van der Waals surface area (Å²) in [4.78, 5) is 12.3. The van der Waals surface area contributed by atoms with E-state index in [4.69, 9.17) is 0 Å². The Morgan fingerprint density at radius 1 is 1.27 bits per heavy atom. The van der Waals surface area contributed by atoms with Gasteiger partial charge in [0.25, 0.3) is 5.91 Å². The smallest absolute Gasteiger partial charge is 0.251 e. The molecule has 1 saturated heterocycles. The third kappa shape index (κ3) is 3.06. The summed E-state index contributed by atoms with van der Waals surface area (Å²) in [5, 5.41) is 2.82. The van der Waals surface area contributed by atoms with E-state index in [1.165, 1.54) is 0 Å². The molecule has 22 heavy (non-hydrogen) atoms. The number of rotatable bonds is 3. The van der Waals surface area contributed by atoms with Crippen LogP contribution in [0.5, 0.6) is 0 Å². The van der Waals surface area contributed by atoms with Crippen LogP contribution in [0.25, 0.3) is 5.69 Å². The van der Waals surface area contributed by atoms with Crippen molar-refractivity contribution >= 4 is 15.7 Å². The summed E-state index contributed by atoms with van der Waals surface area (Å²) in [7, 11) is -2.99. The highest BCUT2D eigenvalue weighted by atomic mass is 32.2. The van der Waals surface area contributed by atoms with Crippen LogP contribution >= 0.6 is 0 Å². The molecular formula is C16H18N2O3S. The molecule has 0 unspecified atom stereocenters. The van der Waals surface area contributed by atoms with Gasteiger partial charge in [0.1, 0.15) is 0 Å². The first-order valence-corrected chi connectivity index (χ1v) is 9.02. The fourth-order valence-corrected chi connectivity index (χ4v) is 4.37. The second-order valence-corrected chi connectivity index (χ2v) is 7.89. The van der Waals surface area contributed by atoms with Gasteiger partial charge in [0.15, 0.2) is 9.84 Å². The van der Waals surface area contributed by atoms with Gasteiger partial charge in [0.05, 0.1) is 11.5 Å². The van der Waals surface area contributed by atoms with E-state index in [9.17, 15) is 13.2 Å². The van der Waals surface area contributed by atoms with Crippen LogP contribution in [0, 0.1) is 6.92 Å². The lowest BCUT2D eigenvalue weighted by atomic mass is 10.1. The average molecular weight is 318 g/mol. The van der Waals surface area contributed by atoms with Crippen LogP contribution in [0.3, 0.4) is 0 Å². The molecule has 1 amide bonds. The van der Waals surface area contributed by atoms with Crippen molar-refractivity contribution in [1.82, 2.24) is 9.88 Å². The van der Waals surface area contributed by atoms with Crippen LogP contribution in [0.4, 0.5) is 0 Å². The van der Waals surface area contributed by atoms with Gasteiger partial charge in [-0.05, 0) is 43.2 Å². The maximum atomic E-state index is 12.3. The molecule has 1 aromatic heterocycles. The maximum absolute atomic E-state index is 12.3. The van der Waals surface area contributed by atoms with E-state index in [1.807, 2.05) is 48.1 Å². The van der Waals surface area contributed by atoms with Gasteiger partial charge in [0, 0.05) is 29.7 Å². The normalized spacial score (nSPS) is 20.0. The Labute approximate surface area is 129 Å². The Kier molecular flexibility index (Phi) is 3.78. The van der Waals surface area contributed by atoms with Crippen molar-refractivity contribution in [3.8, 4) is 5.69 Å². The fraction of sp³-hybridized carbons (Fsp3) is 0.312. The van der Waals surface area contributed by atoms with Crippen LogP contribution in [0.15, 0.2) is 42.7 Å². The number of amides is 1. The van der Waals surface area contributed by atoms with Gasteiger partial charge in [0.2, 0.25) is 0 Å². The molecule has 1 atom stereocenters. The van der Waals surface area contributed by atoms with Gasteiger partial charge < -0.3 is 9.88 Å². The standard InChI is InChI=1S/C16H18N2O3S/c1-12-4-5-13(10-15(12)18-7-2-3-8-18)16(19)17-14-6-9-22(20,21)11-14/h2-5,7-8,10,14H,6,9,11H2,1H3,(H,17,19)/t14-/m0/s1. The summed E-state index contributed by atoms with van der Waals surface area (Å²) in [6.07, 6.45) is 4.34. The summed E-state index contributed by atoms with van der Waals surface area (Å²) >= 11 is 0. The molecule has 0 saturated carbocycles. The number of hydrogen-bond donors (Lipinski definition) is 1. The van der Waals surface area contributed by atoms with Crippen molar-refractivity contribution in [2.75, 3.05) is 11.5 Å². The molecule has 1 fully saturated rings. The molecule has 0 bridgehead atoms. The van der Waals surface area contributed by atoms with E-state index in [-0.39, 0.29) is 23.5 Å². The molecule has 116 valence electrons. The number of benzene rings is 1. The number of aryl methyl sites for hydroxylation is 1. The summed E-state index contributed by atoms with van der Waals surface area (Å²) < 4.78 is 24.9. The minimum absolute atomic E-state index is 0.0368. The summed E-state index contributed by atoms with van der Waals surface area (Å²) in [6.45, 7) is 1.99. The van der Waals surface area contributed by atoms with E-state index in [0.29, 0.717) is 12.0 Å². The Morgan fingerprint density at radius 2 is 2.00 bits per heavy atom. The molecule has 0 radical (unpaired) electrons. The lowest BCUT2D eigenvalue weighted by Gasteiger charge is -2.13. The number of carbonyl (C=O) groups is 1. The minimum atomic E-state index is -2.99. The van der Waals surface area contributed by atoms with Crippen molar-refractivity contribution in [2.45, 2.75) is 19.4 Å². The molecule has 0 spiro atoms. The van der Waals surface area contributed by atoms with Gasteiger partial charge in [-0.1, -0.05) is 6.07 Å². The second-order valence-electron chi connectivity index (χ2n) is 5.66. The largest absolute Gasteiger partial charge is 0.348 e. The predicted molar refractivity (Wildman–Crippen MR) is 85.0 cm³/mol. The minimum Gasteiger partial charge on any atom is -0.348 e. The zero-order chi connectivity index (χ0) is 15.7. The quantitative estimate of drug-likeness (QED) is 0.936. The van der Waals surface area contributed by atoms with E-state index < -0.39 is 9.84 Å². The van der Waals surface area contributed by atoms with E-state index in [2.05, 4.69) is 5.32 Å². The Morgan fingerprint density at radius 3 is 2.64 bits per heavy atom. The summed E-state index contributed by atoms with van der Waals surface area (Å²) in [5.74, 6) is -0.0364. The molecule has 2 aromatic rings. The zero-order valence-corrected chi connectivity index (χ0v) is 13.1. The Bertz CT molecular complexity index is 795. The Hall–Kier alpha value is -2.08. The van der Waals surface area contributed by atoms with Gasteiger partial charge >= 0.3 is 0 Å². The maximum Gasteiger partial charge on any atom is 0.251 e. The average Bonchev–Trinajstić information content (AvgIpc) is 3.09. The van der Waals surface area contributed by atoms with E-state index >= 15 is 0 Å². The molecule has 2 heterocycles. The zero-order valence-electron chi connectivity index (χ0n) is 12.3. The summed E-state index contributed by atoms with van der Waals surface area (Å²) in [5.41, 5.74) is 2.55. The molecule has 6 heteroatoms. The Balaban J connectivity index is 1.80. The lowest BCUT2D eigenvalue weighted by molar-refractivity contribution is 0.0941. The number of nitrogens with zero attached hydrogens (tertiary/aromatic N) is 1. The van der Waals surface area contributed by atoms with Crippen LogP contribution < -0.4 is 5.32 Å². The third-order valence-corrected chi connectivity index (χ3v) is 5.69. The molecular weight excluding hydrogens is 300 g/mol. The van der Waals surface area contributed by atoms with Crippen LogP contribution in [-0.2, 0) is 9.84 Å². The molecule has 0 aliphatic carbocycles. The second kappa shape index (κ2) is 5.61. The topological polar surface area (TPSA) is 68.2 Å². The summed E-state index contributed by atoms with van der Waals surface area (Å²) in [6, 6.07) is 9.06. The molecule has 1 N–H and O–H groups in total. The number of carbonyl (C=O) groups excluding carboxylic acids is 1. The van der Waals surface area contributed by atoms with Crippen molar-refractivity contribution < 1.29 is 13.2 Å².